The summed E-state index contributed by atoms with van der Waals surface area (Å²) in [5.41, 5.74) is 2.43. The molecule has 0 amide bonds. The number of ketones is 1. The van der Waals surface area contributed by atoms with Crippen molar-refractivity contribution in [3.63, 3.8) is 0 Å². The van der Waals surface area contributed by atoms with Crippen LogP contribution in [0.15, 0.2) is 29.8 Å². The average molecular weight is 229 g/mol. The lowest BCUT2D eigenvalue weighted by molar-refractivity contribution is -0.115. The number of benzene rings is 1. The smallest absolute Gasteiger partial charge is 0.160 e. The van der Waals surface area contributed by atoms with Gasteiger partial charge >= 0.3 is 0 Å². The van der Waals surface area contributed by atoms with E-state index < -0.39 is 0 Å². The molecule has 0 saturated carbocycles. The Balaban J connectivity index is 2.27. The summed E-state index contributed by atoms with van der Waals surface area (Å²) < 4.78 is 0. The van der Waals surface area contributed by atoms with Crippen molar-refractivity contribution in [2.24, 2.45) is 0 Å². The van der Waals surface area contributed by atoms with Crippen molar-refractivity contribution in [3.05, 3.63) is 41.0 Å². The lowest BCUT2D eigenvalue weighted by Crippen LogP contribution is -2.11. The molecular formula is C13H11NOS. The third-order valence-corrected chi connectivity index (χ3v) is 3.45. The van der Waals surface area contributed by atoms with Gasteiger partial charge in [0.15, 0.2) is 5.78 Å². The molecule has 1 heterocycles. The van der Waals surface area contributed by atoms with Crippen molar-refractivity contribution in [2.45, 2.75) is 6.42 Å². The number of thioether (sulfide) groups is 1. The van der Waals surface area contributed by atoms with Crippen LogP contribution in [-0.2, 0) is 4.79 Å². The first kappa shape index (κ1) is 11.0. The van der Waals surface area contributed by atoms with Gasteiger partial charge in [0, 0.05) is 23.5 Å². The molecule has 0 spiro atoms. The number of Topliss-reactive ketones (excluding diaryl/α,β-unsaturated/α-hetero) is 1. The summed E-state index contributed by atoms with van der Waals surface area (Å²) in [7, 11) is 0. The van der Waals surface area contributed by atoms with Gasteiger partial charge in [-0.05, 0) is 23.8 Å². The number of nitriles is 1. The Morgan fingerprint density at radius 3 is 3.06 bits per heavy atom. The first-order valence-electron chi connectivity index (χ1n) is 5.11. The second-order valence-electron chi connectivity index (χ2n) is 3.63. The normalized spacial score (nSPS) is 18.4. The number of hydrogen-bond acceptors (Lipinski definition) is 3. The summed E-state index contributed by atoms with van der Waals surface area (Å²) in [6, 6.07) is 9.42. The monoisotopic (exact) mass is 229 g/mol. The van der Waals surface area contributed by atoms with Crippen LogP contribution in [0.5, 0.6) is 0 Å². The van der Waals surface area contributed by atoms with Crippen molar-refractivity contribution in [2.75, 3.05) is 11.5 Å². The molecule has 0 aromatic heterocycles. The van der Waals surface area contributed by atoms with Crippen molar-refractivity contribution < 1.29 is 4.79 Å². The van der Waals surface area contributed by atoms with Crippen LogP contribution in [0, 0.1) is 11.3 Å². The molecule has 1 aliphatic rings. The van der Waals surface area contributed by atoms with Gasteiger partial charge in [0.1, 0.15) is 0 Å². The Hall–Kier alpha value is -1.53. The van der Waals surface area contributed by atoms with E-state index in [0.717, 1.165) is 22.6 Å². The zero-order chi connectivity index (χ0) is 11.4. The van der Waals surface area contributed by atoms with Gasteiger partial charge in [-0.15, -0.1) is 0 Å². The Bertz CT molecular complexity index is 485. The highest BCUT2D eigenvalue weighted by Crippen LogP contribution is 2.21. The SMILES string of the molecule is N#Cc1cccc(/C=C2\CSCCC2=O)c1. The minimum atomic E-state index is 0.237. The van der Waals surface area contributed by atoms with Gasteiger partial charge in [-0.25, -0.2) is 0 Å². The van der Waals surface area contributed by atoms with Gasteiger partial charge < -0.3 is 0 Å². The highest BCUT2D eigenvalue weighted by Gasteiger charge is 2.14. The topological polar surface area (TPSA) is 40.9 Å². The molecule has 0 bridgehead atoms. The Labute approximate surface area is 99.0 Å². The van der Waals surface area contributed by atoms with Crippen molar-refractivity contribution >= 4 is 23.6 Å². The molecule has 1 aromatic carbocycles. The maximum absolute atomic E-state index is 11.6. The molecule has 16 heavy (non-hydrogen) atoms. The molecule has 0 atom stereocenters. The zero-order valence-corrected chi connectivity index (χ0v) is 9.59. The highest BCUT2D eigenvalue weighted by molar-refractivity contribution is 7.99. The molecule has 80 valence electrons. The number of hydrogen-bond donors (Lipinski definition) is 0. The van der Waals surface area contributed by atoms with E-state index in [0.29, 0.717) is 12.0 Å². The molecule has 2 nitrogen and oxygen atoms in total. The molecular weight excluding hydrogens is 218 g/mol. The number of rotatable bonds is 1. The first-order valence-corrected chi connectivity index (χ1v) is 6.27. The van der Waals surface area contributed by atoms with Crippen LogP contribution in [0.3, 0.4) is 0 Å². The van der Waals surface area contributed by atoms with Crippen LogP contribution in [0.1, 0.15) is 17.5 Å². The lowest BCUT2D eigenvalue weighted by Gasteiger charge is -2.12. The van der Waals surface area contributed by atoms with E-state index in [1.54, 1.807) is 23.9 Å². The minimum Gasteiger partial charge on any atom is -0.294 e. The van der Waals surface area contributed by atoms with Crippen molar-refractivity contribution in [1.82, 2.24) is 0 Å². The molecule has 0 radical (unpaired) electrons. The van der Waals surface area contributed by atoms with Crippen LogP contribution in [0.2, 0.25) is 0 Å². The summed E-state index contributed by atoms with van der Waals surface area (Å²) in [6.07, 6.45) is 2.53. The molecule has 2 rings (SSSR count). The van der Waals surface area contributed by atoms with Crippen LogP contribution in [0.25, 0.3) is 6.08 Å². The van der Waals surface area contributed by atoms with Crippen molar-refractivity contribution in [1.29, 1.82) is 5.26 Å². The predicted octanol–water partition coefficient (Wildman–Crippen LogP) is 2.65. The molecule has 1 saturated heterocycles. The van der Waals surface area contributed by atoms with Crippen LogP contribution < -0.4 is 0 Å². The number of carbonyl (C=O) groups is 1. The fraction of sp³-hybridized carbons (Fsp3) is 0.231. The number of carbonyl (C=O) groups excluding carboxylic acids is 1. The van der Waals surface area contributed by atoms with Gasteiger partial charge in [-0.1, -0.05) is 12.1 Å². The molecule has 3 heteroatoms. The Morgan fingerprint density at radius 1 is 1.44 bits per heavy atom. The molecule has 1 aromatic rings. The van der Waals surface area contributed by atoms with E-state index in [4.69, 9.17) is 5.26 Å². The van der Waals surface area contributed by atoms with E-state index in [2.05, 4.69) is 6.07 Å². The standard InChI is InChI=1S/C13H11NOS/c14-8-11-3-1-2-10(6-11)7-12-9-16-5-4-13(12)15/h1-3,6-7H,4-5,9H2/b12-7+. The summed E-state index contributed by atoms with van der Waals surface area (Å²) in [5, 5.41) is 8.78. The van der Waals surface area contributed by atoms with Crippen LogP contribution in [0.4, 0.5) is 0 Å². The van der Waals surface area contributed by atoms with Crippen LogP contribution in [-0.4, -0.2) is 17.3 Å². The first-order chi connectivity index (χ1) is 7.79. The second kappa shape index (κ2) is 5.00. The summed E-state index contributed by atoms with van der Waals surface area (Å²) in [5.74, 6) is 1.95. The third kappa shape index (κ3) is 2.53. The van der Waals surface area contributed by atoms with Crippen molar-refractivity contribution in [3.8, 4) is 6.07 Å². The van der Waals surface area contributed by atoms with Gasteiger partial charge in [0.2, 0.25) is 0 Å². The molecule has 0 N–H and O–H groups in total. The Morgan fingerprint density at radius 2 is 2.31 bits per heavy atom. The minimum absolute atomic E-state index is 0.237. The fourth-order valence-corrected chi connectivity index (χ4v) is 2.55. The van der Waals surface area contributed by atoms with E-state index in [9.17, 15) is 4.79 Å². The van der Waals surface area contributed by atoms with Gasteiger partial charge in [0.05, 0.1) is 11.6 Å². The van der Waals surface area contributed by atoms with Gasteiger partial charge in [0.25, 0.3) is 0 Å². The van der Waals surface area contributed by atoms with E-state index in [1.165, 1.54) is 0 Å². The molecule has 1 fully saturated rings. The third-order valence-electron chi connectivity index (χ3n) is 2.45. The summed E-state index contributed by atoms with van der Waals surface area (Å²) in [4.78, 5) is 11.6. The average Bonchev–Trinajstić information content (AvgIpc) is 2.32. The van der Waals surface area contributed by atoms with E-state index in [1.807, 2.05) is 18.2 Å². The summed E-state index contributed by atoms with van der Waals surface area (Å²) >= 11 is 1.78. The maximum Gasteiger partial charge on any atom is 0.160 e. The Kier molecular flexibility index (Phi) is 3.43. The predicted molar refractivity (Wildman–Crippen MR) is 66.1 cm³/mol. The number of nitrogens with zero attached hydrogens (tertiary/aromatic N) is 1. The van der Waals surface area contributed by atoms with E-state index >= 15 is 0 Å². The molecule has 0 aliphatic carbocycles. The molecule has 1 aliphatic heterocycles. The zero-order valence-electron chi connectivity index (χ0n) is 8.77. The molecule has 0 unspecified atom stereocenters. The largest absolute Gasteiger partial charge is 0.294 e. The van der Waals surface area contributed by atoms with E-state index in [-0.39, 0.29) is 5.78 Å². The second-order valence-corrected chi connectivity index (χ2v) is 4.74. The fourth-order valence-electron chi connectivity index (χ4n) is 1.61. The summed E-state index contributed by atoms with van der Waals surface area (Å²) in [6.45, 7) is 0. The quantitative estimate of drug-likeness (QED) is 0.695. The lowest BCUT2D eigenvalue weighted by atomic mass is 10.1. The van der Waals surface area contributed by atoms with Gasteiger partial charge in [-0.2, -0.15) is 17.0 Å². The maximum atomic E-state index is 11.6. The highest BCUT2D eigenvalue weighted by atomic mass is 32.2. The van der Waals surface area contributed by atoms with Crippen LogP contribution >= 0.6 is 11.8 Å². The van der Waals surface area contributed by atoms with Gasteiger partial charge in [-0.3, -0.25) is 4.79 Å².